The molecule has 1 aromatic heterocycles. The maximum Gasteiger partial charge on any atom is 0.0851 e. The molecule has 1 aliphatic rings. The van der Waals surface area contributed by atoms with Gasteiger partial charge in [0.05, 0.1) is 18.9 Å². The van der Waals surface area contributed by atoms with Crippen LogP contribution < -0.4 is 0 Å². The summed E-state index contributed by atoms with van der Waals surface area (Å²) in [5.41, 5.74) is 3.80. The highest BCUT2D eigenvalue weighted by Gasteiger charge is 2.24. The van der Waals surface area contributed by atoms with Crippen LogP contribution >= 0.6 is 0 Å². The molecule has 1 atom stereocenters. The summed E-state index contributed by atoms with van der Waals surface area (Å²) in [7, 11) is 0. The van der Waals surface area contributed by atoms with E-state index in [1.165, 1.54) is 16.8 Å². The molecule has 0 unspecified atom stereocenters. The Hall–Kier alpha value is -1.61. The number of ether oxygens (including phenoxy) is 1. The van der Waals surface area contributed by atoms with Gasteiger partial charge in [-0.1, -0.05) is 30.3 Å². The van der Waals surface area contributed by atoms with Gasteiger partial charge in [-0.3, -0.25) is 5.10 Å². The standard InChI is InChI=1S/C13H14N2O/c1-2-4-10(5-3-1)6-13-11(8-14-15-13)7-12-9-16-12/h1-5,8,12H,6-7,9H2,(H,14,15)/t12-/m0/s1. The van der Waals surface area contributed by atoms with Crippen molar-refractivity contribution in [1.29, 1.82) is 0 Å². The number of rotatable bonds is 4. The average molecular weight is 214 g/mol. The van der Waals surface area contributed by atoms with Gasteiger partial charge in [0.1, 0.15) is 0 Å². The SMILES string of the molecule is c1ccc(Cc2[nH]ncc2C[C@H]2CO2)cc1. The fourth-order valence-corrected chi connectivity index (χ4v) is 1.90. The molecule has 1 saturated heterocycles. The summed E-state index contributed by atoms with van der Waals surface area (Å²) in [5.74, 6) is 0. The van der Waals surface area contributed by atoms with E-state index in [4.69, 9.17) is 4.74 Å². The number of epoxide rings is 1. The number of H-pyrrole nitrogens is 1. The van der Waals surface area contributed by atoms with Crippen LogP contribution in [-0.4, -0.2) is 22.9 Å². The minimum absolute atomic E-state index is 0.423. The van der Waals surface area contributed by atoms with Crippen molar-refractivity contribution in [3.63, 3.8) is 0 Å². The van der Waals surface area contributed by atoms with Crippen LogP contribution in [0.5, 0.6) is 0 Å². The second-order valence-electron chi connectivity index (χ2n) is 4.20. The molecular weight excluding hydrogens is 200 g/mol. The highest BCUT2D eigenvalue weighted by Crippen LogP contribution is 2.19. The van der Waals surface area contributed by atoms with E-state index in [2.05, 4.69) is 34.5 Å². The van der Waals surface area contributed by atoms with E-state index in [-0.39, 0.29) is 0 Å². The lowest BCUT2D eigenvalue weighted by Gasteiger charge is -2.01. The first-order valence-electron chi connectivity index (χ1n) is 5.58. The molecule has 2 heterocycles. The molecule has 2 aromatic rings. The Morgan fingerprint density at radius 2 is 2.12 bits per heavy atom. The maximum absolute atomic E-state index is 5.25. The first-order valence-corrected chi connectivity index (χ1v) is 5.58. The zero-order valence-electron chi connectivity index (χ0n) is 9.02. The van der Waals surface area contributed by atoms with E-state index in [1.54, 1.807) is 0 Å². The van der Waals surface area contributed by atoms with E-state index in [0.29, 0.717) is 6.10 Å². The molecule has 0 spiro atoms. The van der Waals surface area contributed by atoms with Crippen molar-refractivity contribution in [1.82, 2.24) is 10.2 Å². The van der Waals surface area contributed by atoms with Gasteiger partial charge in [-0.15, -0.1) is 0 Å². The van der Waals surface area contributed by atoms with Crippen molar-refractivity contribution in [2.45, 2.75) is 18.9 Å². The van der Waals surface area contributed by atoms with Crippen molar-refractivity contribution in [3.05, 3.63) is 53.3 Å². The van der Waals surface area contributed by atoms with Gasteiger partial charge in [-0.2, -0.15) is 5.10 Å². The average Bonchev–Trinajstić information content (AvgIpc) is 3.02. The predicted molar refractivity (Wildman–Crippen MR) is 61.3 cm³/mol. The fraction of sp³-hybridized carbons (Fsp3) is 0.308. The molecule has 1 N–H and O–H groups in total. The van der Waals surface area contributed by atoms with E-state index in [0.717, 1.165) is 19.4 Å². The van der Waals surface area contributed by atoms with Gasteiger partial charge < -0.3 is 4.74 Å². The molecule has 82 valence electrons. The molecule has 3 heteroatoms. The summed E-state index contributed by atoms with van der Waals surface area (Å²) in [6.07, 6.45) is 4.24. The fourth-order valence-electron chi connectivity index (χ4n) is 1.90. The smallest absolute Gasteiger partial charge is 0.0851 e. The first-order chi connectivity index (χ1) is 7.92. The van der Waals surface area contributed by atoms with Crippen molar-refractivity contribution in [2.24, 2.45) is 0 Å². The number of hydrogen-bond acceptors (Lipinski definition) is 2. The Labute approximate surface area is 94.5 Å². The highest BCUT2D eigenvalue weighted by molar-refractivity contribution is 5.26. The zero-order chi connectivity index (χ0) is 10.8. The summed E-state index contributed by atoms with van der Waals surface area (Å²) in [4.78, 5) is 0. The van der Waals surface area contributed by atoms with Crippen molar-refractivity contribution in [3.8, 4) is 0 Å². The lowest BCUT2D eigenvalue weighted by atomic mass is 10.0. The topological polar surface area (TPSA) is 41.2 Å². The third kappa shape index (κ3) is 2.14. The molecule has 1 aliphatic heterocycles. The predicted octanol–water partition coefficient (Wildman–Crippen LogP) is 1.94. The Morgan fingerprint density at radius 3 is 2.88 bits per heavy atom. The monoisotopic (exact) mass is 214 g/mol. The number of aromatic amines is 1. The molecule has 0 aliphatic carbocycles. The third-order valence-corrected chi connectivity index (χ3v) is 2.88. The Balaban J connectivity index is 1.76. The molecule has 0 saturated carbocycles. The normalized spacial score (nSPS) is 18.6. The number of nitrogens with one attached hydrogen (secondary N) is 1. The van der Waals surface area contributed by atoms with E-state index in [9.17, 15) is 0 Å². The minimum Gasteiger partial charge on any atom is -0.373 e. The van der Waals surface area contributed by atoms with Gasteiger partial charge in [-0.25, -0.2) is 0 Å². The third-order valence-electron chi connectivity index (χ3n) is 2.88. The lowest BCUT2D eigenvalue weighted by molar-refractivity contribution is 0.407. The molecule has 0 amide bonds. The molecular formula is C13H14N2O. The van der Waals surface area contributed by atoms with Gasteiger partial charge in [0.15, 0.2) is 0 Å². The van der Waals surface area contributed by atoms with Crippen LogP contribution in [0.15, 0.2) is 36.5 Å². The lowest BCUT2D eigenvalue weighted by Crippen LogP contribution is -1.98. The quantitative estimate of drug-likeness (QED) is 0.790. The molecule has 16 heavy (non-hydrogen) atoms. The van der Waals surface area contributed by atoms with Crippen LogP contribution in [0.3, 0.4) is 0 Å². The van der Waals surface area contributed by atoms with Crippen LogP contribution in [0.2, 0.25) is 0 Å². The van der Waals surface area contributed by atoms with Crippen LogP contribution in [-0.2, 0) is 17.6 Å². The summed E-state index contributed by atoms with van der Waals surface area (Å²) in [5, 5.41) is 7.20. The van der Waals surface area contributed by atoms with Crippen molar-refractivity contribution >= 4 is 0 Å². The molecule has 3 rings (SSSR count). The Bertz CT molecular complexity index is 460. The second kappa shape index (κ2) is 4.10. The number of aromatic nitrogens is 2. The van der Waals surface area contributed by atoms with Gasteiger partial charge in [0.2, 0.25) is 0 Å². The van der Waals surface area contributed by atoms with Crippen LogP contribution in [0.25, 0.3) is 0 Å². The number of nitrogens with zero attached hydrogens (tertiary/aromatic N) is 1. The largest absolute Gasteiger partial charge is 0.373 e. The zero-order valence-corrected chi connectivity index (χ0v) is 9.02. The summed E-state index contributed by atoms with van der Waals surface area (Å²) < 4.78 is 5.25. The molecule has 1 aromatic carbocycles. The molecule has 3 nitrogen and oxygen atoms in total. The van der Waals surface area contributed by atoms with Gasteiger partial charge in [0.25, 0.3) is 0 Å². The second-order valence-corrected chi connectivity index (χ2v) is 4.20. The van der Waals surface area contributed by atoms with Crippen LogP contribution in [0.1, 0.15) is 16.8 Å². The molecule has 0 radical (unpaired) electrons. The van der Waals surface area contributed by atoms with Gasteiger partial charge in [-0.05, 0) is 11.1 Å². The first kappa shape index (κ1) is 9.60. The van der Waals surface area contributed by atoms with Crippen LogP contribution in [0.4, 0.5) is 0 Å². The van der Waals surface area contributed by atoms with Crippen molar-refractivity contribution in [2.75, 3.05) is 6.61 Å². The number of benzene rings is 1. The summed E-state index contributed by atoms with van der Waals surface area (Å²) in [6.45, 7) is 0.899. The van der Waals surface area contributed by atoms with Crippen LogP contribution in [0, 0.1) is 0 Å². The summed E-state index contributed by atoms with van der Waals surface area (Å²) >= 11 is 0. The van der Waals surface area contributed by atoms with E-state index in [1.807, 2.05) is 12.3 Å². The summed E-state index contributed by atoms with van der Waals surface area (Å²) in [6, 6.07) is 10.4. The van der Waals surface area contributed by atoms with E-state index < -0.39 is 0 Å². The maximum atomic E-state index is 5.25. The molecule has 0 bridgehead atoms. The Kier molecular flexibility index (Phi) is 2.46. The van der Waals surface area contributed by atoms with Crippen molar-refractivity contribution < 1.29 is 4.74 Å². The van der Waals surface area contributed by atoms with Gasteiger partial charge >= 0.3 is 0 Å². The molecule has 1 fully saturated rings. The van der Waals surface area contributed by atoms with Gasteiger partial charge in [0, 0.05) is 18.5 Å². The minimum atomic E-state index is 0.423. The van der Waals surface area contributed by atoms with E-state index >= 15 is 0 Å². The Morgan fingerprint density at radius 1 is 1.31 bits per heavy atom. The highest BCUT2D eigenvalue weighted by atomic mass is 16.6. The number of hydrogen-bond donors (Lipinski definition) is 1.